The minimum atomic E-state index is -0.211. The Kier molecular flexibility index (Phi) is 6.98. The summed E-state index contributed by atoms with van der Waals surface area (Å²) < 4.78 is 5.60. The Morgan fingerprint density at radius 1 is 0.688 bits per heavy atom. The maximum atomic E-state index is 12.5. The highest BCUT2D eigenvalue weighted by Gasteiger charge is 2.14. The molecule has 3 aromatic carbocycles. The standard InChI is InChI=1S/C27H30N2O3/c1-18(2)32-24-16-8-20(9-17-24)26(31)29-23-14-12-22(13-15-23)28-25(30)19-6-10-21(11-7-19)27(3,4)5/h6-18H,1-5H3,(H,28,30)(H,29,31). The second-order valence-corrected chi connectivity index (χ2v) is 9.00. The van der Waals surface area contributed by atoms with Crippen LogP contribution in [-0.2, 0) is 5.41 Å². The largest absolute Gasteiger partial charge is 0.491 e. The van der Waals surface area contributed by atoms with Crippen LogP contribution < -0.4 is 15.4 Å². The molecule has 2 amide bonds. The van der Waals surface area contributed by atoms with Gasteiger partial charge in [0.25, 0.3) is 11.8 Å². The lowest BCUT2D eigenvalue weighted by Gasteiger charge is -2.19. The van der Waals surface area contributed by atoms with Crippen molar-refractivity contribution < 1.29 is 14.3 Å². The van der Waals surface area contributed by atoms with Gasteiger partial charge in [-0.05, 0) is 85.5 Å². The van der Waals surface area contributed by atoms with Gasteiger partial charge in [0.15, 0.2) is 0 Å². The van der Waals surface area contributed by atoms with E-state index in [9.17, 15) is 9.59 Å². The average molecular weight is 431 g/mol. The molecule has 0 radical (unpaired) electrons. The van der Waals surface area contributed by atoms with Gasteiger partial charge in [0.05, 0.1) is 6.10 Å². The highest BCUT2D eigenvalue weighted by molar-refractivity contribution is 6.05. The van der Waals surface area contributed by atoms with Crippen LogP contribution in [0.25, 0.3) is 0 Å². The molecule has 166 valence electrons. The van der Waals surface area contributed by atoms with Gasteiger partial charge in [-0.2, -0.15) is 0 Å². The zero-order valence-electron chi connectivity index (χ0n) is 19.2. The van der Waals surface area contributed by atoms with Crippen molar-refractivity contribution in [1.82, 2.24) is 0 Å². The molecule has 2 N–H and O–H groups in total. The summed E-state index contributed by atoms with van der Waals surface area (Å²) in [6.45, 7) is 10.3. The minimum Gasteiger partial charge on any atom is -0.491 e. The van der Waals surface area contributed by atoms with Crippen LogP contribution in [0.2, 0.25) is 0 Å². The van der Waals surface area contributed by atoms with Gasteiger partial charge in [-0.15, -0.1) is 0 Å². The van der Waals surface area contributed by atoms with E-state index >= 15 is 0 Å². The zero-order valence-corrected chi connectivity index (χ0v) is 19.2. The number of carbonyl (C=O) groups is 2. The summed E-state index contributed by atoms with van der Waals surface area (Å²) in [5.41, 5.74) is 3.65. The molecule has 0 saturated carbocycles. The summed E-state index contributed by atoms with van der Waals surface area (Å²) in [7, 11) is 0. The molecule has 0 atom stereocenters. The molecular formula is C27H30N2O3. The van der Waals surface area contributed by atoms with Gasteiger partial charge < -0.3 is 15.4 Å². The Morgan fingerprint density at radius 3 is 1.47 bits per heavy atom. The van der Waals surface area contributed by atoms with E-state index in [1.165, 1.54) is 5.56 Å². The lowest BCUT2D eigenvalue weighted by Crippen LogP contribution is -2.14. The Morgan fingerprint density at radius 2 is 1.09 bits per heavy atom. The summed E-state index contributed by atoms with van der Waals surface area (Å²) in [5.74, 6) is 0.340. The van der Waals surface area contributed by atoms with E-state index in [4.69, 9.17) is 4.74 Å². The first-order valence-electron chi connectivity index (χ1n) is 10.7. The topological polar surface area (TPSA) is 67.4 Å². The van der Waals surface area contributed by atoms with Crippen molar-refractivity contribution in [3.05, 3.63) is 89.5 Å². The molecule has 0 spiro atoms. The van der Waals surface area contributed by atoms with Crippen LogP contribution in [0.1, 0.15) is 60.9 Å². The van der Waals surface area contributed by atoms with Crippen molar-refractivity contribution in [3.63, 3.8) is 0 Å². The first-order valence-corrected chi connectivity index (χ1v) is 10.7. The fourth-order valence-electron chi connectivity index (χ4n) is 3.12. The minimum absolute atomic E-state index is 0.0408. The molecule has 0 aliphatic heterocycles. The van der Waals surface area contributed by atoms with Crippen LogP contribution in [0.3, 0.4) is 0 Å². The van der Waals surface area contributed by atoms with Crippen molar-refractivity contribution in [2.75, 3.05) is 10.6 Å². The molecule has 0 aliphatic rings. The molecular weight excluding hydrogens is 400 g/mol. The van der Waals surface area contributed by atoms with E-state index in [0.717, 1.165) is 5.75 Å². The highest BCUT2D eigenvalue weighted by Crippen LogP contribution is 2.23. The molecule has 0 saturated heterocycles. The third-order valence-electron chi connectivity index (χ3n) is 4.90. The van der Waals surface area contributed by atoms with Crippen LogP contribution in [0, 0.1) is 0 Å². The van der Waals surface area contributed by atoms with Crippen molar-refractivity contribution >= 4 is 23.2 Å². The molecule has 0 aliphatic carbocycles. The van der Waals surface area contributed by atoms with Crippen LogP contribution in [0.4, 0.5) is 11.4 Å². The Balaban J connectivity index is 1.58. The fraction of sp³-hybridized carbons (Fsp3) is 0.259. The normalized spacial score (nSPS) is 11.2. The number of hydrogen-bond donors (Lipinski definition) is 2. The van der Waals surface area contributed by atoms with E-state index in [1.807, 2.05) is 38.1 Å². The van der Waals surface area contributed by atoms with E-state index in [-0.39, 0.29) is 23.3 Å². The van der Waals surface area contributed by atoms with Crippen molar-refractivity contribution in [2.45, 2.75) is 46.1 Å². The molecule has 0 unspecified atom stereocenters. The summed E-state index contributed by atoms with van der Waals surface area (Å²) >= 11 is 0. The van der Waals surface area contributed by atoms with Gasteiger partial charge in [0.1, 0.15) is 5.75 Å². The van der Waals surface area contributed by atoms with Gasteiger partial charge in [0.2, 0.25) is 0 Å². The fourth-order valence-corrected chi connectivity index (χ4v) is 3.12. The molecule has 0 heterocycles. The molecule has 3 aromatic rings. The number of anilines is 2. The van der Waals surface area contributed by atoms with Gasteiger partial charge in [0, 0.05) is 22.5 Å². The second-order valence-electron chi connectivity index (χ2n) is 9.00. The molecule has 0 fully saturated rings. The predicted octanol–water partition coefficient (Wildman–Crippen LogP) is 6.28. The van der Waals surface area contributed by atoms with Crippen molar-refractivity contribution in [1.29, 1.82) is 0 Å². The smallest absolute Gasteiger partial charge is 0.255 e. The predicted molar refractivity (Wildman–Crippen MR) is 130 cm³/mol. The summed E-state index contributed by atoms with van der Waals surface area (Å²) in [6.07, 6.45) is 0.0801. The van der Waals surface area contributed by atoms with Crippen LogP contribution in [0.5, 0.6) is 5.75 Å². The van der Waals surface area contributed by atoms with Crippen LogP contribution in [0.15, 0.2) is 72.8 Å². The first kappa shape index (κ1) is 23.1. The number of hydrogen-bond acceptors (Lipinski definition) is 3. The number of nitrogens with one attached hydrogen (secondary N) is 2. The lowest BCUT2D eigenvalue weighted by molar-refractivity contribution is 0.101. The van der Waals surface area contributed by atoms with E-state index in [1.54, 1.807) is 48.5 Å². The number of amides is 2. The van der Waals surface area contributed by atoms with E-state index in [2.05, 4.69) is 31.4 Å². The number of benzene rings is 3. The SMILES string of the molecule is CC(C)Oc1ccc(C(=O)Nc2ccc(NC(=O)c3ccc(C(C)(C)C)cc3)cc2)cc1. The third kappa shape index (κ3) is 6.20. The zero-order chi connectivity index (χ0) is 23.3. The van der Waals surface area contributed by atoms with E-state index < -0.39 is 0 Å². The molecule has 5 heteroatoms. The maximum absolute atomic E-state index is 12.5. The Labute approximate surface area is 189 Å². The summed E-state index contributed by atoms with van der Waals surface area (Å²) in [6, 6.07) is 21.7. The summed E-state index contributed by atoms with van der Waals surface area (Å²) in [4.78, 5) is 25.0. The molecule has 0 aromatic heterocycles. The average Bonchev–Trinajstić information content (AvgIpc) is 2.74. The second kappa shape index (κ2) is 9.69. The maximum Gasteiger partial charge on any atom is 0.255 e. The first-order chi connectivity index (χ1) is 15.1. The van der Waals surface area contributed by atoms with Crippen LogP contribution in [-0.4, -0.2) is 17.9 Å². The molecule has 32 heavy (non-hydrogen) atoms. The summed E-state index contributed by atoms with van der Waals surface area (Å²) in [5, 5.41) is 5.74. The Bertz CT molecular complexity index is 1060. The van der Waals surface area contributed by atoms with Crippen molar-refractivity contribution in [3.8, 4) is 5.75 Å². The number of rotatable bonds is 6. The molecule has 3 rings (SSSR count). The monoisotopic (exact) mass is 430 g/mol. The quantitative estimate of drug-likeness (QED) is 0.484. The lowest BCUT2D eigenvalue weighted by atomic mass is 9.87. The van der Waals surface area contributed by atoms with E-state index in [0.29, 0.717) is 22.5 Å². The molecule has 5 nitrogen and oxygen atoms in total. The number of ether oxygens (including phenoxy) is 1. The number of carbonyl (C=O) groups excluding carboxylic acids is 2. The molecule has 0 bridgehead atoms. The van der Waals surface area contributed by atoms with Gasteiger partial charge in [-0.1, -0.05) is 32.9 Å². The van der Waals surface area contributed by atoms with Gasteiger partial charge in [-0.3, -0.25) is 9.59 Å². The van der Waals surface area contributed by atoms with Crippen molar-refractivity contribution in [2.24, 2.45) is 0 Å². The van der Waals surface area contributed by atoms with Gasteiger partial charge >= 0.3 is 0 Å². The van der Waals surface area contributed by atoms with Crippen LogP contribution >= 0.6 is 0 Å². The third-order valence-corrected chi connectivity index (χ3v) is 4.90. The Hall–Kier alpha value is -3.60. The van der Waals surface area contributed by atoms with Gasteiger partial charge in [-0.25, -0.2) is 0 Å². The highest BCUT2D eigenvalue weighted by atomic mass is 16.5.